The molecule has 0 fully saturated rings. The van der Waals surface area contributed by atoms with Crippen LogP contribution in [0.1, 0.15) is 375 Å². The molecule has 0 bridgehead atoms. The summed E-state index contributed by atoms with van der Waals surface area (Å²) >= 11 is 0. The molecule has 0 amide bonds. The Balaban J connectivity index is 5.23. The van der Waals surface area contributed by atoms with E-state index in [9.17, 15) is 43.2 Å². The van der Waals surface area contributed by atoms with Gasteiger partial charge in [0.05, 0.1) is 26.4 Å². The van der Waals surface area contributed by atoms with Gasteiger partial charge >= 0.3 is 39.5 Å². The van der Waals surface area contributed by atoms with Crippen molar-refractivity contribution >= 4 is 39.5 Å². The maximum absolute atomic E-state index is 13.1. The highest BCUT2D eigenvalue weighted by molar-refractivity contribution is 7.47. The van der Waals surface area contributed by atoms with Gasteiger partial charge in [-0.05, 0) is 37.5 Å². The largest absolute Gasteiger partial charge is 0.472 e. The zero-order chi connectivity index (χ0) is 67.9. The van der Waals surface area contributed by atoms with Crippen LogP contribution in [0.15, 0.2) is 0 Å². The van der Waals surface area contributed by atoms with Gasteiger partial charge in [0.15, 0.2) is 12.2 Å². The Bertz CT molecular complexity index is 1790. The first-order chi connectivity index (χ1) is 44.4. The fourth-order valence-electron chi connectivity index (χ4n) is 11.1. The Morgan fingerprint density at radius 2 is 0.554 bits per heavy atom. The minimum atomic E-state index is -4.95. The summed E-state index contributed by atoms with van der Waals surface area (Å²) in [5, 5.41) is 10.6. The van der Waals surface area contributed by atoms with Crippen molar-refractivity contribution in [2.75, 3.05) is 39.6 Å². The summed E-state index contributed by atoms with van der Waals surface area (Å²) in [4.78, 5) is 72.6. The van der Waals surface area contributed by atoms with Gasteiger partial charge in [0.2, 0.25) is 0 Å². The highest BCUT2D eigenvalue weighted by atomic mass is 31.2. The third kappa shape index (κ3) is 65.4. The van der Waals surface area contributed by atoms with Crippen LogP contribution < -0.4 is 0 Å². The summed E-state index contributed by atoms with van der Waals surface area (Å²) in [6.45, 7) is 9.59. The third-order valence-corrected chi connectivity index (χ3v) is 19.2. The lowest BCUT2D eigenvalue weighted by atomic mass is 9.99. The van der Waals surface area contributed by atoms with Crippen LogP contribution in [0, 0.1) is 11.8 Å². The molecule has 17 nitrogen and oxygen atoms in total. The van der Waals surface area contributed by atoms with Gasteiger partial charge in [-0.25, -0.2) is 9.13 Å². The summed E-state index contributed by atoms with van der Waals surface area (Å²) in [6.07, 6.45) is 51.2. The molecular weight excluding hydrogens is 1210 g/mol. The summed E-state index contributed by atoms with van der Waals surface area (Å²) in [7, 11) is -9.90. The normalized spacial score (nSPS) is 14.4. The van der Waals surface area contributed by atoms with Gasteiger partial charge in [0.1, 0.15) is 19.3 Å². The molecule has 0 spiro atoms. The number of phosphoric ester groups is 2. The van der Waals surface area contributed by atoms with Crippen molar-refractivity contribution in [3.8, 4) is 0 Å². The number of phosphoric acid groups is 2. The molecular formula is C73H142O17P2. The van der Waals surface area contributed by atoms with Gasteiger partial charge in [-0.2, -0.15) is 0 Å². The van der Waals surface area contributed by atoms with Crippen LogP contribution in [-0.4, -0.2) is 96.7 Å². The molecule has 0 aromatic rings. The predicted molar refractivity (Wildman–Crippen MR) is 372 cm³/mol. The summed E-state index contributed by atoms with van der Waals surface area (Å²) in [5.74, 6) is -0.538. The van der Waals surface area contributed by atoms with Crippen molar-refractivity contribution in [1.82, 2.24) is 0 Å². The number of aliphatic hydroxyl groups is 1. The molecule has 0 aliphatic rings. The van der Waals surface area contributed by atoms with Crippen molar-refractivity contribution in [2.24, 2.45) is 11.8 Å². The van der Waals surface area contributed by atoms with Gasteiger partial charge in [0.25, 0.3) is 0 Å². The quantitative estimate of drug-likeness (QED) is 0.0222. The molecule has 3 unspecified atom stereocenters. The van der Waals surface area contributed by atoms with Crippen LogP contribution in [0.2, 0.25) is 0 Å². The van der Waals surface area contributed by atoms with Crippen molar-refractivity contribution < 1.29 is 80.2 Å². The minimum absolute atomic E-state index is 0.105. The minimum Gasteiger partial charge on any atom is -0.462 e. The maximum Gasteiger partial charge on any atom is 0.472 e. The van der Waals surface area contributed by atoms with Crippen LogP contribution >= 0.6 is 15.6 Å². The lowest BCUT2D eigenvalue weighted by Gasteiger charge is -2.21. The second-order valence-corrected chi connectivity index (χ2v) is 30.0. The number of esters is 4. The molecule has 3 N–H and O–H groups in total. The van der Waals surface area contributed by atoms with E-state index in [-0.39, 0.29) is 25.7 Å². The second-order valence-electron chi connectivity index (χ2n) is 27.1. The Morgan fingerprint density at radius 1 is 0.315 bits per heavy atom. The lowest BCUT2D eigenvalue weighted by molar-refractivity contribution is -0.161. The zero-order valence-corrected chi connectivity index (χ0v) is 61.6. The van der Waals surface area contributed by atoms with Gasteiger partial charge in [-0.3, -0.25) is 37.3 Å². The zero-order valence-electron chi connectivity index (χ0n) is 59.9. The summed E-state index contributed by atoms with van der Waals surface area (Å²) in [6, 6.07) is 0. The van der Waals surface area contributed by atoms with E-state index in [0.717, 1.165) is 102 Å². The van der Waals surface area contributed by atoms with E-state index in [0.29, 0.717) is 25.7 Å². The first-order valence-corrected chi connectivity index (χ1v) is 41.0. The average Bonchev–Trinajstić information content (AvgIpc) is 2.01. The molecule has 0 rings (SSSR count). The SMILES string of the molecule is CCCCCCCCCCCCCCCC(=O)OC[C@H](COP(=O)(O)OC[C@@H](O)COP(=O)(O)OC[C@@H](COC(=O)CCCCCCCCCCC)OC(=O)CCCCCCCCCCCC(C)C)OC(=O)CCCCCCCCCCCCCCCCC(C)CC. The van der Waals surface area contributed by atoms with Gasteiger partial charge in [-0.1, -0.05) is 324 Å². The number of aliphatic hydroxyl groups excluding tert-OH is 1. The molecule has 0 saturated heterocycles. The molecule has 92 heavy (non-hydrogen) atoms. The maximum atomic E-state index is 13.1. The highest BCUT2D eigenvalue weighted by Gasteiger charge is 2.30. The van der Waals surface area contributed by atoms with Crippen molar-refractivity contribution in [3.05, 3.63) is 0 Å². The van der Waals surface area contributed by atoms with E-state index in [4.69, 9.17) is 37.0 Å². The topological polar surface area (TPSA) is 237 Å². The standard InChI is InChI=1S/C73H142O17P2/c1-7-10-12-14-16-18-19-22-26-32-38-44-50-56-71(76)84-62-69(89-72(77)57-51-45-39-33-27-24-21-20-23-25-31-36-42-48-54-66(6)9-3)64-88-92(81,82)86-60-67(74)59-85-91(79,80)87-63-68(61-83-70(75)55-49-43-37-29-17-15-13-11-8-2)90-73(78)58-52-46-40-34-28-30-35-41-47-53-65(4)5/h65-69,74H,7-64H2,1-6H3,(H,79,80)(H,81,82)/t66?,67-,68+,69+/m0/s1. The number of unbranched alkanes of at least 4 members (excludes halogenated alkanes) is 41. The van der Waals surface area contributed by atoms with Crippen molar-refractivity contribution in [1.29, 1.82) is 0 Å². The third-order valence-electron chi connectivity index (χ3n) is 17.3. The molecule has 19 heteroatoms. The Kier molecular flexibility index (Phi) is 63.7. The summed E-state index contributed by atoms with van der Waals surface area (Å²) in [5.41, 5.74) is 0. The molecule has 0 aromatic carbocycles. The van der Waals surface area contributed by atoms with E-state index in [1.165, 1.54) is 193 Å². The molecule has 0 aliphatic carbocycles. The molecule has 6 atom stereocenters. The first kappa shape index (κ1) is 90.1. The Labute approximate surface area is 562 Å². The number of carbonyl (C=O) groups excluding carboxylic acids is 4. The second kappa shape index (κ2) is 65.0. The monoisotopic (exact) mass is 1350 g/mol. The van der Waals surface area contributed by atoms with Crippen LogP contribution in [0.5, 0.6) is 0 Å². The Hall–Kier alpha value is -1.94. The van der Waals surface area contributed by atoms with Crippen LogP contribution in [-0.2, 0) is 65.4 Å². The highest BCUT2D eigenvalue weighted by Crippen LogP contribution is 2.45. The van der Waals surface area contributed by atoms with E-state index < -0.39 is 97.5 Å². The fraction of sp³-hybridized carbons (Fsp3) is 0.945. The molecule has 0 aromatic heterocycles. The van der Waals surface area contributed by atoms with Crippen LogP contribution in [0.25, 0.3) is 0 Å². The lowest BCUT2D eigenvalue weighted by Crippen LogP contribution is -2.30. The van der Waals surface area contributed by atoms with Gasteiger partial charge in [0, 0.05) is 25.7 Å². The predicted octanol–water partition coefficient (Wildman–Crippen LogP) is 21.2. The van der Waals surface area contributed by atoms with Crippen molar-refractivity contribution in [3.63, 3.8) is 0 Å². The van der Waals surface area contributed by atoms with Gasteiger partial charge in [-0.15, -0.1) is 0 Å². The van der Waals surface area contributed by atoms with E-state index >= 15 is 0 Å². The Morgan fingerprint density at radius 3 is 0.826 bits per heavy atom. The van der Waals surface area contributed by atoms with Crippen LogP contribution in [0.3, 0.4) is 0 Å². The molecule has 0 aliphatic heterocycles. The van der Waals surface area contributed by atoms with E-state index in [2.05, 4.69) is 41.5 Å². The summed E-state index contributed by atoms with van der Waals surface area (Å²) < 4.78 is 68.4. The molecule has 0 saturated carbocycles. The first-order valence-electron chi connectivity index (χ1n) is 38.0. The number of hydrogen-bond acceptors (Lipinski definition) is 15. The van der Waals surface area contributed by atoms with Crippen LogP contribution in [0.4, 0.5) is 0 Å². The fourth-order valence-corrected chi connectivity index (χ4v) is 12.7. The number of rotatable bonds is 72. The molecule has 0 heterocycles. The number of ether oxygens (including phenoxy) is 4. The van der Waals surface area contributed by atoms with Gasteiger partial charge < -0.3 is 33.8 Å². The number of hydrogen-bond donors (Lipinski definition) is 3. The smallest absolute Gasteiger partial charge is 0.462 e. The van der Waals surface area contributed by atoms with E-state index in [1.54, 1.807) is 0 Å². The average molecular weight is 1350 g/mol. The van der Waals surface area contributed by atoms with Crippen molar-refractivity contribution in [2.45, 2.75) is 394 Å². The molecule has 546 valence electrons. The van der Waals surface area contributed by atoms with E-state index in [1.807, 2.05) is 0 Å². The molecule has 0 radical (unpaired) electrons. The number of carbonyl (C=O) groups is 4.